The zero-order valence-corrected chi connectivity index (χ0v) is 16.1. The van der Waals surface area contributed by atoms with Crippen LogP contribution in [-0.4, -0.2) is 34.9 Å². The smallest absolute Gasteiger partial charge is 0.321 e. The van der Waals surface area contributed by atoms with E-state index in [4.69, 9.17) is 0 Å². The van der Waals surface area contributed by atoms with E-state index in [2.05, 4.69) is 28.6 Å². The first-order chi connectivity index (χ1) is 13.6. The summed E-state index contributed by atoms with van der Waals surface area (Å²) in [6.45, 7) is 3.97. The highest BCUT2D eigenvalue weighted by Crippen LogP contribution is 2.58. The second kappa shape index (κ2) is 7.62. The Morgan fingerprint density at radius 3 is 2.82 bits per heavy atom. The van der Waals surface area contributed by atoms with Gasteiger partial charge in [-0.2, -0.15) is 0 Å². The number of aryl methyl sites for hydroxylation is 1. The normalized spacial score (nSPS) is 22.9. The average Bonchev–Trinajstić information content (AvgIpc) is 3.26. The summed E-state index contributed by atoms with van der Waals surface area (Å²) in [5.74, 6) is 0.102. The predicted molar refractivity (Wildman–Crippen MR) is 108 cm³/mol. The number of carbonyl (C=O) groups is 2. The fourth-order valence-electron chi connectivity index (χ4n) is 4.12. The van der Waals surface area contributed by atoms with E-state index in [1.165, 1.54) is 5.56 Å². The zero-order valence-electron chi connectivity index (χ0n) is 16.1. The molecule has 1 aromatic carbocycles. The minimum Gasteiger partial charge on any atom is -0.352 e. The number of pyridine rings is 1. The van der Waals surface area contributed by atoms with Crippen molar-refractivity contribution < 1.29 is 9.59 Å². The first-order valence-corrected chi connectivity index (χ1v) is 9.91. The molecule has 28 heavy (non-hydrogen) atoms. The molecule has 2 fully saturated rings. The third-order valence-corrected chi connectivity index (χ3v) is 5.98. The fourth-order valence-corrected chi connectivity index (χ4v) is 4.12. The van der Waals surface area contributed by atoms with Crippen molar-refractivity contribution in [3.8, 4) is 0 Å². The lowest BCUT2D eigenvalue weighted by atomic mass is 10.0. The van der Waals surface area contributed by atoms with Crippen LogP contribution in [0.2, 0.25) is 0 Å². The van der Waals surface area contributed by atoms with E-state index < -0.39 is 0 Å². The Balaban J connectivity index is 1.29. The highest BCUT2D eigenvalue weighted by atomic mass is 16.2. The quantitative estimate of drug-likeness (QED) is 0.839. The summed E-state index contributed by atoms with van der Waals surface area (Å²) >= 11 is 0. The summed E-state index contributed by atoms with van der Waals surface area (Å²) in [6.07, 6.45) is 6.15. The molecule has 1 aromatic heterocycles. The molecule has 4 rings (SSSR count). The van der Waals surface area contributed by atoms with Crippen LogP contribution >= 0.6 is 0 Å². The lowest BCUT2D eigenvalue weighted by molar-refractivity contribution is -0.123. The maximum absolute atomic E-state index is 12.6. The number of nitrogens with zero attached hydrogens (tertiary/aromatic N) is 2. The van der Waals surface area contributed by atoms with Gasteiger partial charge in [0, 0.05) is 49.0 Å². The summed E-state index contributed by atoms with van der Waals surface area (Å²) in [5.41, 5.74) is 3.03. The van der Waals surface area contributed by atoms with E-state index in [0.717, 1.165) is 30.5 Å². The summed E-state index contributed by atoms with van der Waals surface area (Å²) in [6, 6.07) is 11.7. The number of aromatic nitrogens is 1. The van der Waals surface area contributed by atoms with Gasteiger partial charge in [0.2, 0.25) is 5.91 Å². The molecule has 0 radical (unpaired) electrons. The van der Waals surface area contributed by atoms with Gasteiger partial charge in [-0.05, 0) is 54.7 Å². The standard InChI is InChI=1S/C22H26N4O2/c1-2-16-4-3-5-18(12-16)25-21(28)26-11-8-22(15-26)13-19(22)20(27)24-14-17-6-9-23-10-7-17/h3-7,9-10,12,19H,2,8,11,13-15H2,1H3,(H,24,27)(H,25,28)/t19-,22-/m0/s1. The van der Waals surface area contributed by atoms with Gasteiger partial charge in [0.25, 0.3) is 0 Å². The van der Waals surface area contributed by atoms with Gasteiger partial charge in [0.1, 0.15) is 0 Å². The number of nitrogens with one attached hydrogen (secondary N) is 2. The van der Waals surface area contributed by atoms with Gasteiger partial charge in [0.05, 0.1) is 0 Å². The Bertz CT molecular complexity index is 870. The van der Waals surface area contributed by atoms with E-state index in [1.807, 2.05) is 35.2 Å². The number of hydrogen-bond donors (Lipinski definition) is 2. The molecule has 0 bridgehead atoms. The minimum atomic E-state index is -0.0760. The number of carbonyl (C=O) groups excluding carboxylic acids is 2. The second-order valence-electron chi connectivity index (χ2n) is 7.85. The molecule has 1 aliphatic heterocycles. The number of benzene rings is 1. The molecular weight excluding hydrogens is 352 g/mol. The molecule has 146 valence electrons. The molecular formula is C22H26N4O2. The molecule has 2 N–H and O–H groups in total. The average molecular weight is 378 g/mol. The summed E-state index contributed by atoms with van der Waals surface area (Å²) in [7, 11) is 0. The van der Waals surface area contributed by atoms with E-state index in [-0.39, 0.29) is 23.3 Å². The fraction of sp³-hybridized carbons (Fsp3) is 0.409. The molecule has 1 saturated heterocycles. The Morgan fingerprint density at radius 2 is 2.04 bits per heavy atom. The van der Waals surface area contributed by atoms with Crippen LogP contribution in [0, 0.1) is 11.3 Å². The molecule has 2 atom stereocenters. The van der Waals surface area contributed by atoms with E-state index >= 15 is 0 Å². The van der Waals surface area contributed by atoms with Gasteiger partial charge in [-0.3, -0.25) is 9.78 Å². The molecule has 0 unspecified atom stereocenters. The van der Waals surface area contributed by atoms with Crippen molar-refractivity contribution in [3.63, 3.8) is 0 Å². The molecule has 2 heterocycles. The molecule has 1 saturated carbocycles. The SMILES string of the molecule is CCc1cccc(NC(=O)N2CC[C@]3(C[C@H]3C(=O)NCc3ccncc3)C2)c1. The zero-order chi connectivity index (χ0) is 19.6. The topological polar surface area (TPSA) is 74.3 Å². The van der Waals surface area contributed by atoms with Gasteiger partial charge >= 0.3 is 6.03 Å². The van der Waals surface area contributed by atoms with Crippen molar-refractivity contribution in [2.24, 2.45) is 11.3 Å². The maximum Gasteiger partial charge on any atom is 0.321 e. The van der Waals surface area contributed by atoms with Crippen LogP contribution < -0.4 is 10.6 Å². The monoisotopic (exact) mass is 378 g/mol. The second-order valence-corrected chi connectivity index (χ2v) is 7.85. The number of hydrogen-bond acceptors (Lipinski definition) is 3. The van der Waals surface area contributed by atoms with Crippen molar-refractivity contribution in [1.29, 1.82) is 0 Å². The van der Waals surface area contributed by atoms with Gasteiger partial charge in [-0.1, -0.05) is 19.1 Å². The predicted octanol–water partition coefficient (Wildman–Crippen LogP) is 3.20. The number of rotatable bonds is 5. The largest absolute Gasteiger partial charge is 0.352 e. The van der Waals surface area contributed by atoms with Gasteiger partial charge in [-0.15, -0.1) is 0 Å². The van der Waals surface area contributed by atoms with Crippen LogP contribution in [0.15, 0.2) is 48.8 Å². The van der Waals surface area contributed by atoms with Crippen LogP contribution in [0.4, 0.5) is 10.5 Å². The first kappa shape index (κ1) is 18.5. The Kier molecular flexibility index (Phi) is 5.03. The highest BCUT2D eigenvalue weighted by Gasteiger charge is 2.61. The van der Waals surface area contributed by atoms with Crippen LogP contribution in [0.5, 0.6) is 0 Å². The van der Waals surface area contributed by atoms with Crippen LogP contribution in [0.25, 0.3) is 0 Å². The number of anilines is 1. The van der Waals surface area contributed by atoms with Crippen LogP contribution in [0.1, 0.15) is 30.9 Å². The summed E-state index contributed by atoms with van der Waals surface area (Å²) in [4.78, 5) is 31.0. The van der Waals surface area contributed by atoms with Crippen molar-refractivity contribution in [2.45, 2.75) is 32.7 Å². The van der Waals surface area contributed by atoms with Crippen molar-refractivity contribution in [3.05, 3.63) is 59.9 Å². The molecule has 1 aliphatic carbocycles. The molecule has 3 amide bonds. The Labute approximate surface area is 165 Å². The van der Waals surface area contributed by atoms with E-state index in [1.54, 1.807) is 12.4 Å². The number of likely N-dealkylation sites (tertiary alicyclic amines) is 1. The third-order valence-electron chi connectivity index (χ3n) is 5.98. The van der Waals surface area contributed by atoms with Crippen LogP contribution in [0.3, 0.4) is 0 Å². The molecule has 6 heteroatoms. The van der Waals surface area contributed by atoms with Gasteiger partial charge in [-0.25, -0.2) is 4.79 Å². The lowest BCUT2D eigenvalue weighted by Crippen LogP contribution is -2.34. The number of urea groups is 1. The van der Waals surface area contributed by atoms with Gasteiger partial charge in [0.15, 0.2) is 0 Å². The molecule has 2 aromatic rings. The first-order valence-electron chi connectivity index (χ1n) is 9.91. The summed E-state index contributed by atoms with van der Waals surface area (Å²) < 4.78 is 0. The van der Waals surface area contributed by atoms with Crippen LogP contribution in [-0.2, 0) is 17.8 Å². The van der Waals surface area contributed by atoms with Gasteiger partial charge < -0.3 is 15.5 Å². The number of amides is 3. The van der Waals surface area contributed by atoms with E-state index in [0.29, 0.717) is 19.6 Å². The molecule has 1 spiro atoms. The van der Waals surface area contributed by atoms with Crippen molar-refractivity contribution in [2.75, 3.05) is 18.4 Å². The molecule has 2 aliphatic rings. The van der Waals surface area contributed by atoms with Crippen molar-refractivity contribution >= 4 is 17.6 Å². The highest BCUT2D eigenvalue weighted by molar-refractivity contribution is 5.90. The molecule has 6 nitrogen and oxygen atoms in total. The lowest BCUT2D eigenvalue weighted by Gasteiger charge is -2.18. The van der Waals surface area contributed by atoms with E-state index in [9.17, 15) is 9.59 Å². The Morgan fingerprint density at radius 1 is 1.21 bits per heavy atom. The third kappa shape index (κ3) is 3.86. The minimum absolute atomic E-state index is 0.00977. The summed E-state index contributed by atoms with van der Waals surface area (Å²) in [5, 5.41) is 6.02. The van der Waals surface area contributed by atoms with Crippen molar-refractivity contribution in [1.82, 2.24) is 15.2 Å². The maximum atomic E-state index is 12.6. The Hall–Kier alpha value is -2.89.